The van der Waals surface area contributed by atoms with E-state index in [2.05, 4.69) is 9.72 Å². The average Bonchev–Trinajstić information content (AvgIpc) is 2.70. The SMILES string of the molecule is O=C(O)Oc1cncn1Cc1c(F)cccc1F. The lowest BCUT2D eigenvalue weighted by atomic mass is 10.2. The summed E-state index contributed by atoms with van der Waals surface area (Å²) in [5.41, 5.74) is -0.189. The van der Waals surface area contributed by atoms with Gasteiger partial charge in [-0.25, -0.2) is 18.6 Å². The average molecular weight is 254 g/mol. The van der Waals surface area contributed by atoms with Crippen molar-refractivity contribution in [2.24, 2.45) is 0 Å². The third-order valence-corrected chi connectivity index (χ3v) is 2.26. The number of hydrogen-bond donors (Lipinski definition) is 1. The molecule has 2 aromatic rings. The Labute approximate surface area is 100 Å². The maximum atomic E-state index is 13.4. The molecule has 0 fully saturated rings. The van der Waals surface area contributed by atoms with Crippen LogP contribution in [0.5, 0.6) is 5.88 Å². The van der Waals surface area contributed by atoms with Gasteiger partial charge in [0.25, 0.3) is 0 Å². The number of carboxylic acid groups (broad SMARTS) is 1. The summed E-state index contributed by atoms with van der Waals surface area (Å²) in [4.78, 5) is 14.1. The highest BCUT2D eigenvalue weighted by atomic mass is 19.1. The second-order valence-electron chi connectivity index (χ2n) is 3.43. The summed E-state index contributed by atoms with van der Waals surface area (Å²) in [7, 11) is 0. The second kappa shape index (κ2) is 4.82. The summed E-state index contributed by atoms with van der Waals surface area (Å²) >= 11 is 0. The Morgan fingerprint density at radius 2 is 2.06 bits per heavy atom. The number of rotatable bonds is 3. The molecule has 0 bridgehead atoms. The fourth-order valence-electron chi connectivity index (χ4n) is 1.46. The van der Waals surface area contributed by atoms with Gasteiger partial charge < -0.3 is 9.84 Å². The number of carbonyl (C=O) groups is 1. The van der Waals surface area contributed by atoms with Gasteiger partial charge >= 0.3 is 6.16 Å². The predicted octanol–water partition coefficient (Wildman–Crippen LogP) is 2.27. The maximum Gasteiger partial charge on any atom is 0.512 e. The molecule has 5 nitrogen and oxygen atoms in total. The molecule has 1 aromatic heterocycles. The zero-order valence-electron chi connectivity index (χ0n) is 9.01. The van der Waals surface area contributed by atoms with E-state index in [1.165, 1.54) is 17.0 Å². The Morgan fingerprint density at radius 1 is 1.39 bits per heavy atom. The number of ether oxygens (including phenoxy) is 1. The summed E-state index contributed by atoms with van der Waals surface area (Å²) in [5.74, 6) is -1.54. The van der Waals surface area contributed by atoms with Crippen molar-refractivity contribution in [1.29, 1.82) is 0 Å². The smallest absolute Gasteiger partial charge is 0.449 e. The summed E-state index contributed by atoms with van der Waals surface area (Å²) < 4.78 is 32.4. The molecule has 2 rings (SSSR count). The van der Waals surface area contributed by atoms with Crippen LogP contribution in [0.25, 0.3) is 0 Å². The van der Waals surface area contributed by atoms with Crippen LogP contribution in [-0.2, 0) is 6.54 Å². The molecule has 18 heavy (non-hydrogen) atoms. The number of hydrogen-bond acceptors (Lipinski definition) is 3. The molecule has 7 heteroatoms. The number of aromatic nitrogens is 2. The molecule has 1 aromatic carbocycles. The van der Waals surface area contributed by atoms with Crippen LogP contribution in [0.3, 0.4) is 0 Å². The number of benzene rings is 1. The van der Waals surface area contributed by atoms with Gasteiger partial charge in [-0.05, 0) is 12.1 Å². The molecule has 0 saturated heterocycles. The predicted molar refractivity (Wildman–Crippen MR) is 56.3 cm³/mol. The monoisotopic (exact) mass is 254 g/mol. The van der Waals surface area contributed by atoms with E-state index in [1.54, 1.807) is 0 Å². The quantitative estimate of drug-likeness (QED) is 0.853. The van der Waals surface area contributed by atoms with Crippen LogP contribution >= 0.6 is 0 Å². The highest BCUT2D eigenvalue weighted by molar-refractivity contribution is 5.60. The van der Waals surface area contributed by atoms with Crippen molar-refractivity contribution in [3.05, 3.63) is 47.9 Å². The van der Waals surface area contributed by atoms with Crippen LogP contribution in [0.2, 0.25) is 0 Å². The topological polar surface area (TPSA) is 64.3 Å². The minimum absolute atomic E-state index is 0.106. The Bertz CT molecular complexity index is 563. The first-order valence-corrected chi connectivity index (χ1v) is 4.91. The van der Waals surface area contributed by atoms with Crippen molar-refractivity contribution < 1.29 is 23.4 Å². The van der Waals surface area contributed by atoms with Crippen LogP contribution in [0.15, 0.2) is 30.7 Å². The van der Waals surface area contributed by atoms with Gasteiger partial charge in [0, 0.05) is 5.56 Å². The first-order chi connectivity index (χ1) is 8.58. The first kappa shape index (κ1) is 12.0. The molecule has 0 spiro atoms. The van der Waals surface area contributed by atoms with Gasteiger partial charge in [0.1, 0.15) is 11.6 Å². The van der Waals surface area contributed by atoms with E-state index in [9.17, 15) is 13.6 Å². The lowest BCUT2D eigenvalue weighted by Crippen LogP contribution is -2.10. The first-order valence-electron chi connectivity index (χ1n) is 4.91. The third kappa shape index (κ3) is 2.45. The molecular formula is C11H8F2N2O3. The van der Waals surface area contributed by atoms with E-state index in [4.69, 9.17) is 5.11 Å². The third-order valence-electron chi connectivity index (χ3n) is 2.26. The minimum Gasteiger partial charge on any atom is -0.449 e. The normalized spacial score (nSPS) is 10.3. The van der Waals surface area contributed by atoms with Crippen molar-refractivity contribution in [2.75, 3.05) is 0 Å². The molecule has 0 unspecified atom stereocenters. The fraction of sp³-hybridized carbons (Fsp3) is 0.0909. The van der Waals surface area contributed by atoms with Gasteiger partial charge in [-0.3, -0.25) is 4.57 Å². The van der Waals surface area contributed by atoms with Crippen LogP contribution < -0.4 is 4.74 Å². The van der Waals surface area contributed by atoms with E-state index in [0.29, 0.717) is 0 Å². The summed E-state index contributed by atoms with van der Waals surface area (Å²) in [6, 6.07) is 3.48. The van der Waals surface area contributed by atoms with Gasteiger partial charge in [0.05, 0.1) is 19.1 Å². The van der Waals surface area contributed by atoms with Crippen LogP contribution in [0.4, 0.5) is 13.6 Å². The molecule has 0 amide bonds. The minimum atomic E-state index is -1.52. The molecule has 1 heterocycles. The van der Waals surface area contributed by atoms with Crippen molar-refractivity contribution in [2.45, 2.75) is 6.54 Å². The molecule has 0 radical (unpaired) electrons. The fourth-order valence-corrected chi connectivity index (χ4v) is 1.46. The summed E-state index contributed by atoms with van der Waals surface area (Å²) in [6.45, 7) is -0.207. The van der Waals surface area contributed by atoms with E-state index in [1.807, 2.05) is 0 Å². The van der Waals surface area contributed by atoms with Crippen LogP contribution in [-0.4, -0.2) is 20.8 Å². The molecule has 0 atom stereocenters. The molecule has 94 valence electrons. The molecule has 0 aliphatic heterocycles. The highest BCUT2D eigenvalue weighted by Crippen LogP contribution is 2.17. The highest BCUT2D eigenvalue weighted by Gasteiger charge is 2.13. The van der Waals surface area contributed by atoms with E-state index < -0.39 is 17.8 Å². The Hall–Kier alpha value is -2.44. The lowest BCUT2D eigenvalue weighted by Gasteiger charge is -2.08. The zero-order valence-corrected chi connectivity index (χ0v) is 9.01. The van der Waals surface area contributed by atoms with Crippen LogP contribution in [0, 0.1) is 11.6 Å². The lowest BCUT2D eigenvalue weighted by molar-refractivity contribution is 0.140. The number of imidazole rings is 1. The molecule has 1 N–H and O–H groups in total. The Kier molecular flexibility index (Phi) is 3.22. The van der Waals surface area contributed by atoms with Crippen molar-refractivity contribution in [1.82, 2.24) is 9.55 Å². The Morgan fingerprint density at radius 3 is 2.67 bits per heavy atom. The van der Waals surface area contributed by atoms with Crippen LogP contribution in [0.1, 0.15) is 5.56 Å². The van der Waals surface area contributed by atoms with Gasteiger partial charge in [-0.1, -0.05) is 6.07 Å². The molecule has 0 saturated carbocycles. The van der Waals surface area contributed by atoms with Gasteiger partial charge in [0.2, 0.25) is 5.88 Å². The van der Waals surface area contributed by atoms with Gasteiger partial charge in [-0.2, -0.15) is 0 Å². The van der Waals surface area contributed by atoms with E-state index in [-0.39, 0.29) is 18.0 Å². The molecular weight excluding hydrogens is 246 g/mol. The zero-order chi connectivity index (χ0) is 13.1. The van der Waals surface area contributed by atoms with E-state index >= 15 is 0 Å². The largest absolute Gasteiger partial charge is 0.512 e. The second-order valence-corrected chi connectivity index (χ2v) is 3.43. The van der Waals surface area contributed by atoms with Gasteiger partial charge in [-0.15, -0.1) is 0 Å². The Balaban J connectivity index is 2.29. The molecule has 0 aliphatic rings. The maximum absolute atomic E-state index is 13.4. The van der Waals surface area contributed by atoms with Crippen molar-refractivity contribution >= 4 is 6.16 Å². The molecule has 0 aliphatic carbocycles. The summed E-state index contributed by atoms with van der Waals surface area (Å²) in [6.07, 6.45) is 0.850. The number of nitrogens with zero attached hydrogens (tertiary/aromatic N) is 2. The van der Waals surface area contributed by atoms with Crippen molar-refractivity contribution in [3.63, 3.8) is 0 Å². The van der Waals surface area contributed by atoms with E-state index in [0.717, 1.165) is 18.3 Å². The number of halogens is 2. The van der Waals surface area contributed by atoms with Gasteiger partial charge in [0.15, 0.2) is 0 Å². The standard InChI is InChI=1S/C11H8F2N2O3/c12-8-2-1-3-9(13)7(8)5-15-6-14-4-10(15)18-11(16)17/h1-4,6H,5H2,(H,16,17). The van der Waals surface area contributed by atoms with Crippen molar-refractivity contribution in [3.8, 4) is 5.88 Å². The summed E-state index contributed by atoms with van der Waals surface area (Å²) in [5, 5.41) is 8.47.